The third-order valence-corrected chi connectivity index (χ3v) is 2.50. The number of nitrogens with one attached hydrogen (secondary N) is 2. The van der Waals surface area contributed by atoms with E-state index < -0.39 is 0 Å². The monoisotopic (exact) mass is 262 g/mol. The molecule has 0 aliphatic rings. The van der Waals surface area contributed by atoms with E-state index in [1.807, 2.05) is 25.1 Å². The summed E-state index contributed by atoms with van der Waals surface area (Å²) in [5.74, 6) is 3.04. The van der Waals surface area contributed by atoms with Crippen LogP contribution >= 0.6 is 0 Å². The first-order valence-corrected chi connectivity index (χ1v) is 6.24. The van der Waals surface area contributed by atoms with Gasteiger partial charge in [0.05, 0.1) is 12.8 Å². The maximum absolute atomic E-state index is 8.75. The maximum atomic E-state index is 8.75. The van der Waals surface area contributed by atoms with Crippen molar-refractivity contribution in [3.05, 3.63) is 36.0 Å². The van der Waals surface area contributed by atoms with Crippen LogP contribution in [0.25, 0.3) is 0 Å². The van der Waals surface area contributed by atoms with Crippen LogP contribution in [0.5, 0.6) is 0 Å². The minimum Gasteiger partial charge on any atom is -0.467 e. The molecule has 0 aliphatic carbocycles. The maximum Gasteiger partial charge on any atom is 0.132 e. The van der Waals surface area contributed by atoms with Crippen LogP contribution in [0.15, 0.2) is 28.9 Å². The fourth-order valence-corrected chi connectivity index (χ4v) is 1.64. The predicted octanol–water partition coefficient (Wildman–Crippen LogP) is 1.78. The van der Waals surface area contributed by atoms with E-state index in [0.29, 0.717) is 25.3 Å². The summed E-state index contributed by atoms with van der Waals surface area (Å²) >= 11 is 0. The first-order chi connectivity index (χ1) is 9.28. The average Bonchev–Trinajstić information content (AvgIpc) is 2.89. The van der Waals surface area contributed by atoms with E-state index in [4.69, 9.17) is 9.52 Å². The highest BCUT2D eigenvalue weighted by Crippen LogP contribution is 2.12. The average molecular weight is 262 g/mol. The van der Waals surface area contributed by atoms with Crippen LogP contribution in [0.3, 0.4) is 0 Å². The molecule has 0 aromatic carbocycles. The summed E-state index contributed by atoms with van der Waals surface area (Å²) in [4.78, 5) is 8.59. The van der Waals surface area contributed by atoms with Gasteiger partial charge in [-0.25, -0.2) is 9.97 Å². The lowest BCUT2D eigenvalue weighted by atomic mass is 10.4. The van der Waals surface area contributed by atoms with Gasteiger partial charge in [0.1, 0.15) is 23.2 Å². The Bertz CT molecular complexity index is 499. The Hall–Kier alpha value is -2.08. The van der Waals surface area contributed by atoms with Crippen molar-refractivity contribution in [1.82, 2.24) is 9.97 Å². The fourth-order valence-electron chi connectivity index (χ4n) is 1.64. The number of hydrogen-bond acceptors (Lipinski definition) is 6. The van der Waals surface area contributed by atoms with Crippen molar-refractivity contribution in [2.45, 2.75) is 19.9 Å². The van der Waals surface area contributed by atoms with Crippen LogP contribution in [0, 0.1) is 6.92 Å². The Kier molecular flexibility index (Phi) is 4.74. The second kappa shape index (κ2) is 6.75. The number of aromatic nitrogens is 2. The van der Waals surface area contributed by atoms with Crippen LogP contribution in [-0.2, 0) is 6.54 Å². The number of aliphatic hydroxyl groups excluding tert-OH is 1. The van der Waals surface area contributed by atoms with Crippen molar-refractivity contribution in [3.63, 3.8) is 0 Å². The summed E-state index contributed by atoms with van der Waals surface area (Å²) in [5, 5.41) is 15.1. The second-order valence-corrected chi connectivity index (χ2v) is 4.12. The standard InChI is InChI=1S/C13H18N4O2/c1-10-16-12(14-5-3-6-18)8-13(17-10)15-9-11-4-2-7-19-11/h2,4,7-8,18H,3,5-6,9H2,1H3,(H2,14,15,16,17). The Morgan fingerprint density at radius 2 is 2.05 bits per heavy atom. The molecule has 0 aliphatic heterocycles. The molecule has 6 heteroatoms. The molecule has 0 saturated heterocycles. The van der Waals surface area contributed by atoms with Crippen molar-refractivity contribution < 1.29 is 9.52 Å². The van der Waals surface area contributed by atoms with Gasteiger partial charge in [-0.2, -0.15) is 0 Å². The largest absolute Gasteiger partial charge is 0.467 e. The summed E-state index contributed by atoms with van der Waals surface area (Å²) in [6.45, 7) is 3.28. The zero-order chi connectivity index (χ0) is 13.5. The van der Waals surface area contributed by atoms with Crippen LogP contribution in [0.1, 0.15) is 18.0 Å². The Morgan fingerprint density at radius 1 is 1.26 bits per heavy atom. The quantitative estimate of drug-likeness (QED) is 0.660. The van der Waals surface area contributed by atoms with Crippen molar-refractivity contribution in [2.75, 3.05) is 23.8 Å². The molecule has 0 radical (unpaired) electrons. The van der Waals surface area contributed by atoms with Gasteiger partial charge in [0.2, 0.25) is 0 Å². The summed E-state index contributed by atoms with van der Waals surface area (Å²) in [5.41, 5.74) is 0. The van der Waals surface area contributed by atoms with Gasteiger partial charge in [0, 0.05) is 19.2 Å². The van der Waals surface area contributed by atoms with E-state index >= 15 is 0 Å². The Balaban J connectivity index is 1.95. The molecule has 0 fully saturated rings. The molecular formula is C13H18N4O2. The van der Waals surface area contributed by atoms with Crippen LogP contribution < -0.4 is 10.6 Å². The first kappa shape index (κ1) is 13.4. The van der Waals surface area contributed by atoms with E-state index in [0.717, 1.165) is 17.4 Å². The minimum atomic E-state index is 0.167. The number of furan rings is 1. The first-order valence-electron chi connectivity index (χ1n) is 6.24. The molecule has 0 atom stereocenters. The van der Waals surface area contributed by atoms with Crippen molar-refractivity contribution in [1.29, 1.82) is 0 Å². The van der Waals surface area contributed by atoms with Crippen LogP contribution in [0.2, 0.25) is 0 Å². The molecule has 0 bridgehead atoms. The van der Waals surface area contributed by atoms with Gasteiger partial charge in [0.15, 0.2) is 0 Å². The van der Waals surface area contributed by atoms with Crippen LogP contribution in [0.4, 0.5) is 11.6 Å². The molecule has 2 heterocycles. The lowest BCUT2D eigenvalue weighted by Crippen LogP contribution is -2.08. The van der Waals surface area contributed by atoms with Crippen molar-refractivity contribution in [2.24, 2.45) is 0 Å². The number of aryl methyl sites for hydroxylation is 1. The summed E-state index contributed by atoms with van der Waals surface area (Å²) in [7, 11) is 0. The van der Waals surface area contributed by atoms with Gasteiger partial charge in [-0.15, -0.1) is 0 Å². The molecule has 2 aromatic rings. The predicted molar refractivity (Wildman–Crippen MR) is 73.0 cm³/mol. The number of anilines is 2. The summed E-state index contributed by atoms with van der Waals surface area (Å²) in [6, 6.07) is 5.60. The Morgan fingerprint density at radius 3 is 2.74 bits per heavy atom. The van der Waals surface area contributed by atoms with E-state index in [1.54, 1.807) is 6.26 Å². The van der Waals surface area contributed by atoms with E-state index in [2.05, 4.69) is 20.6 Å². The van der Waals surface area contributed by atoms with Gasteiger partial charge in [0.25, 0.3) is 0 Å². The molecule has 0 amide bonds. The zero-order valence-electron chi connectivity index (χ0n) is 10.9. The van der Waals surface area contributed by atoms with E-state index in [1.165, 1.54) is 0 Å². The van der Waals surface area contributed by atoms with Gasteiger partial charge in [-0.05, 0) is 25.5 Å². The number of aliphatic hydroxyl groups is 1. The molecule has 6 nitrogen and oxygen atoms in total. The summed E-state index contributed by atoms with van der Waals surface area (Å²) < 4.78 is 5.25. The SMILES string of the molecule is Cc1nc(NCCCO)cc(NCc2ccco2)n1. The van der Waals surface area contributed by atoms with E-state index in [9.17, 15) is 0 Å². The molecule has 2 rings (SSSR count). The van der Waals surface area contributed by atoms with Crippen molar-refractivity contribution in [3.8, 4) is 0 Å². The fraction of sp³-hybridized carbons (Fsp3) is 0.385. The highest BCUT2D eigenvalue weighted by Gasteiger charge is 2.02. The molecular weight excluding hydrogens is 244 g/mol. The molecule has 0 unspecified atom stereocenters. The van der Waals surface area contributed by atoms with Crippen LogP contribution in [-0.4, -0.2) is 28.2 Å². The Labute approximate surface area is 111 Å². The molecule has 2 aromatic heterocycles. The highest BCUT2D eigenvalue weighted by molar-refractivity contribution is 5.47. The molecule has 3 N–H and O–H groups in total. The smallest absolute Gasteiger partial charge is 0.132 e. The minimum absolute atomic E-state index is 0.167. The topological polar surface area (TPSA) is 83.2 Å². The molecule has 0 saturated carbocycles. The summed E-state index contributed by atoms with van der Waals surface area (Å²) in [6.07, 6.45) is 2.34. The van der Waals surface area contributed by atoms with E-state index in [-0.39, 0.29) is 6.61 Å². The van der Waals surface area contributed by atoms with Gasteiger partial charge in [-0.3, -0.25) is 0 Å². The number of hydrogen-bond donors (Lipinski definition) is 3. The van der Waals surface area contributed by atoms with Gasteiger partial charge in [-0.1, -0.05) is 0 Å². The zero-order valence-corrected chi connectivity index (χ0v) is 10.9. The number of rotatable bonds is 7. The second-order valence-electron chi connectivity index (χ2n) is 4.12. The molecule has 102 valence electrons. The third-order valence-electron chi connectivity index (χ3n) is 2.50. The number of nitrogens with zero attached hydrogens (tertiary/aromatic N) is 2. The molecule has 0 spiro atoms. The lowest BCUT2D eigenvalue weighted by molar-refractivity contribution is 0.292. The lowest BCUT2D eigenvalue weighted by Gasteiger charge is -2.09. The van der Waals surface area contributed by atoms with Crippen molar-refractivity contribution >= 4 is 11.6 Å². The van der Waals surface area contributed by atoms with Gasteiger partial charge < -0.3 is 20.2 Å². The normalized spacial score (nSPS) is 10.4. The highest BCUT2D eigenvalue weighted by atomic mass is 16.3. The third kappa shape index (κ3) is 4.26. The van der Waals surface area contributed by atoms with Gasteiger partial charge >= 0.3 is 0 Å². The molecule has 19 heavy (non-hydrogen) atoms.